The van der Waals surface area contributed by atoms with Gasteiger partial charge in [0.25, 0.3) is 0 Å². The van der Waals surface area contributed by atoms with Crippen molar-refractivity contribution in [2.45, 2.75) is 64.2 Å². The Bertz CT molecular complexity index is 787. The molecular formula is C23H26BrN. The van der Waals surface area contributed by atoms with Crippen LogP contribution in [0.25, 0.3) is 4.85 Å². The molecule has 2 aliphatic rings. The van der Waals surface area contributed by atoms with E-state index in [1.807, 2.05) is 6.07 Å². The summed E-state index contributed by atoms with van der Waals surface area (Å²) in [5.74, 6) is 1.40. The molecule has 0 fully saturated rings. The van der Waals surface area contributed by atoms with Gasteiger partial charge < -0.3 is 0 Å². The summed E-state index contributed by atoms with van der Waals surface area (Å²) in [6.07, 6.45) is 7.74. The summed E-state index contributed by atoms with van der Waals surface area (Å²) in [4.78, 5) is 3.46. The Morgan fingerprint density at radius 2 is 1.44 bits per heavy atom. The molecule has 0 radical (unpaired) electrons. The maximum absolute atomic E-state index is 6.95. The van der Waals surface area contributed by atoms with Crippen LogP contribution in [-0.4, -0.2) is 0 Å². The van der Waals surface area contributed by atoms with Crippen molar-refractivity contribution in [1.29, 1.82) is 0 Å². The second-order valence-corrected chi connectivity index (χ2v) is 8.34. The molecule has 0 aromatic heterocycles. The van der Waals surface area contributed by atoms with Crippen LogP contribution in [0.1, 0.15) is 73.6 Å². The second kappa shape index (κ2) is 8.19. The fraction of sp³-hybridized carbons (Fsp3) is 0.435. The number of halogens is 1. The Hall–Kier alpha value is -1.59. The van der Waals surface area contributed by atoms with Gasteiger partial charge in [-0.1, -0.05) is 59.6 Å². The van der Waals surface area contributed by atoms with E-state index >= 15 is 0 Å². The van der Waals surface area contributed by atoms with Crippen LogP contribution >= 0.6 is 15.9 Å². The van der Waals surface area contributed by atoms with Crippen molar-refractivity contribution in [3.8, 4) is 0 Å². The van der Waals surface area contributed by atoms with Gasteiger partial charge in [-0.3, -0.25) is 0 Å². The third kappa shape index (κ3) is 4.33. The maximum Gasteiger partial charge on any atom is 0.187 e. The van der Waals surface area contributed by atoms with E-state index in [4.69, 9.17) is 6.57 Å². The average molecular weight is 396 g/mol. The number of fused-ring (bicyclic) bond motifs is 2. The fourth-order valence-corrected chi connectivity index (χ4v) is 4.48. The molecule has 2 unspecified atom stereocenters. The van der Waals surface area contributed by atoms with Crippen molar-refractivity contribution >= 4 is 21.6 Å². The largest absolute Gasteiger partial charge is 0.238 e. The highest BCUT2D eigenvalue weighted by atomic mass is 79.9. The van der Waals surface area contributed by atoms with Crippen LogP contribution in [0, 0.1) is 6.57 Å². The van der Waals surface area contributed by atoms with E-state index in [0.717, 1.165) is 11.6 Å². The fourth-order valence-electron chi connectivity index (χ4n) is 4.10. The molecule has 2 aromatic carbocycles. The minimum atomic E-state index is 0.644. The van der Waals surface area contributed by atoms with E-state index in [9.17, 15) is 0 Å². The van der Waals surface area contributed by atoms with Gasteiger partial charge in [0.2, 0.25) is 0 Å². The summed E-state index contributed by atoms with van der Waals surface area (Å²) in [5, 5.41) is 0. The molecule has 0 aliphatic heterocycles. The van der Waals surface area contributed by atoms with Crippen molar-refractivity contribution in [3.05, 3.63) is 74.5 Å². The second-order valence-electron chi connectivity index (χ2n) is 7.42. The van der Waals surface area contributed by atoms with Gasteiger partial charge >= 0.3 is 0 Å². The number of hydrogen-bond acceptors (Lipinski definition) is 0. The van der Waals surface area contributed by atoms with Gasteiger partial charge in [0.1, 0.15) is 0 Å². The van der Waals surface area contributed by atoms with Gasteiger partial charge in [0.15, 0.2) is 5.69 Å². The highest BCUT2D eigenvalue weighted by Crippen LogP contribution is 2.34. The minimum Gasteiger partial charge on any atom is -0.238 e. The van der Waals surface area contributed by atoms with Crippen molar-refractivity contribution in [3.63, 3.8) is 0 Å². The third-order valence-corrected chi connectivity index (χ3v) is 6.09. The van der Waals surface area contributed by atoms with Gasteiger partial charge in [0.05, 0.1) is 6.57 Å². The number of aryl methyl sites for hydroxylation is 2. The quantitative estimate of drug-likeness (QED) is 0.405. The summed E-state index contributed by atoms with van der Waals surface area (Å²) in [6, 6.07) is 12.8. The summed E-state index contributed by atoms with van der Waals surface area (Å²) in [7, 11) is 0. The number of rotatable bonds is 0. The van der Waals surface area contributed by atoms with Gasteiger partial charge in [-0.05, 0) is 79.2 Å². The summed E-state index contributed by atoms with van der Waals surface area (Å²) < 4.78 is 1.22. The smallest absolute Gasteiger partial charge is 0.187 e. The number of nitrogens with zero attached hydrogens (tertiary/aromatic N) is 1. The summed E-state index contributed by atoms with van der Waals surface area (Å²) in [5.41, 5.74) is 6.74. The zero-order chi connectivity index (χ0) is 17.8. The van der Waals surface area contributed by atoms with Crippen LogP contribution in [0.2, 0.25) is 0 Å². The zero-order valence-electron chi connectivity index (χ0n) is 15.2. The molecule has 2 atom stereocenters. The van der Waals surface area contributed by atoms with E-state index in [2.05, 4.69) is 65.0 Å². The Labute approximate surface area is 160 Å². The van der Waals surface area contributed by atoms with Crippen LogP contribution in [0.15, 0.2) is 40.9 Å². The van der Waals surface area contributed by atoms with Crippen molar-refractivity contribution < 1.29 is 0 Å². The first-order chi connectivity index (χ1) is 12.1. The molecule has 1 nitrogen and oxygen atoms in total. The van der Waals surface area contributed by atoms with Gasteiger partial charge in [0, 0.05) is 4.47 Å². The molecule has 2 heteroatoms. The molecule has 2 aliphatic carbocycles. The Balaban J connectivity index is 0.000000146. The van der Waals surface area contributed by atoms with Crippen LogP contribution in [0.3, 0.4) is 0 Å². The zero-order valence-corrected chi connectivity index (χ0v) is 16.8. The topological polar surface area (TPSA) is 4.36 Å². The molecule has 0 spiro atoms. The van der Waals surface area contributed by atoms with E-state index < -0.39 is 0 Å². The monoisotopic (exact) mass is 395 g/mol. The molecule has 0 amide bonds. The summed E-state index contributed by atoms with van der Waals surface area (Å²) >= 11 is 3.52. The first-order valence-corrected chi connectivity index (χ1v) is 10.2. The number of benzene rings is 2. The van der Waals surface area contributed by atoms with Gasteiger partial charge in [-0.2, -0.15) is 0 Å². The molecular weight excluding hydrogens is 370 g/mol. The predicted octanol–water partition coefficient (Wildman–Crippen LogP) is 7.57. The van der Waals surface area contributed by atoms with Crippen LogP contribution in [0.5, 0.6) is 0 Å². The highest BCUT2D eigenvalue weighted by molar-refractivity contribution is 9.10. The predicted molar refractivity (Wildman–Crippen MR) is 110 cm³/mol. The molecule has 2 aromatic rings. The van der Waals surface area contributed by atoms with E-state index in [1.54, 1.807) is 11.1 Å². The lowest BCUT2D eigenvalue weighted by molar-refractivity contribution is 0.590. The molecule has 0 heterocycles. The van der Waals surface area contributed by atoms with Crippen molar-refractivity contribution in [1.82, 2.24) is 0 Å². The molecule has 25 heavy (non-hydrogen) atoms. The van der Waals surface area contributed by atoms with Gasteiger partial charge in [-0.15, -0.1) is 0 Å². The Kier molecular flexibility index (Phi) is 5.97. The minimum absolute atomic E-state index is 0.644. The van der Waals surface area contributed by atoms with Crippen LogP contribution < -0.4 is 0 Å². The van der Waals surface area contributed by atoms with E-state index in [1.165, 1.54) is 54.1 Å². The third-order valence-electron chi connectivity index (χ3n) is 5.59. The molecule has 130 valence electrons. The SMILES string of the molecule is CC1CCCc2ccc(Br)cc21.[C-]#[N+]c1ccc2c(c1)C(C)CCC2. The molecule has 0 bridgehead atoms. The molecule has 0 saturated carbocycles. The van der Waals surface area contributed by atoms with Crippen LogP contribution in [0.4, 0.5) is 5.69 Å². The normalized spacial score (nSPS) is 21.2. The first-order valence-electron chi connectivity index (χ1n) is 9.37. The average Bonchev–Trinajstić information content (AvgIpc) is 2.63. The first kappa shape index (κ1) is 18.2. The molecule has 0 N–H and O–H groups in total. The Morgan fingerprint density at radius 3 is 2.04 bits per heavy atom. The molecule has 0 saturated heterocycles. The van der Waals surface area contributed by atoms with E-state index in [-0.39, 0.29) is 0 Å². The summed E-state index contributed by atoms with van der Waals surface area (Å²) in [6.45, 7) is 11.5. The standard InChI is InChI=1S/C12H13N.C11H13Br/c1-9-4-3-5-10-6-7-11(13-2)8-12(9)10;1-8-3-2-4-9-5-6-10(12)7-11(8)9/h6-9H,3-5H2,1H3;5-8H,2-4H2,1H3. The number of hydrogen-bond donors (Lipinski definition) is 0. The molecule has 4 rings (SSSR count). The lowest BCUT2D eigenvalue weighted by Crippen LogP contribution is -2.06. The van der Waals surface area contributed by atoms with Crippen molar-refractivity contribution in [2.75, 3.05) is 0 Å². The van der Waals surface area contributed by atoms with Crippen molar-refractivity contribution in [2.24, 2.45) is 0 Å². The maximum atomic E-state index is 6.95. The van der Waals surface area contributed by atoms with Gasteiger partial charge in [-0.25, -0.2) is 4.85 Å². The van der Waals surface area contributed by atoms with E-state index in [0.29, 0.717) is 5.92 Å². The highest BCUT2D eigenvalue weighted by Gasteiger charge is 2.16. The lowest BCUT2D eigenvalue weighted by Gasteiger charge is -2.22. The Morgan fingerprint density at radius 1 is 0.880 bits per heavy atom. The lowest BCUT2D eigenvalue weighted by atomic mass is 9.84. The van der Waals surface area contributed by atoms with Crippen LogP contribution in [-0.2, 0) is 12.8 Å².